The molecule has 1 aliphatic rings. The predicted octanol–water partition coefficient (Wildman–Crippen LogP) is 1.55. The molecular formula is C16H22N4O2. The van der Waals surface area contributed by atoms with Crippen molar-refractivity contribution in [2.24, 2.45) is 0 Å². The molecule has 0 atom stereocenters. The van der Waals surface area contributed by atoms with Gasteiger partial charge in [0.05, 0.1) is 19.8 Å². The summed E-state index contributed by atoms with van der Waals surface area (Å²) in [4.78, 5) is 2.44. The van der Waals surface area contributed by atoms with Crippen LogP contribution < -0.4 is 5.32 Å². The third-order valence-electron chi connectivity index (χ3n) is 3.70. The summed E-state index contributed by atoms with van der Waals surface area (Å²) in [5.74, 6) is 1.20. The summed E-state index contributed by atoms with van der Waals surface area (Å²) in [6, 6.07) is 9.82. The van der Waals surface area contributed by atoms with E-state index in [2.05, 4.69) is 20.4 Å². The molecule has 0 saturated carbocycles. The Morgan fingerprint density at radius 1 is 1.09 bits per heavy atom. The predicted molar refractivity (Wildman–Crippen MR) is 83.3 cm³/mol. The molecule has 0 radical (unpaired) electrons. The lowest BCUT2D eigenvalue weighted by Crippen LogP contribution is -2.37. The van der Waals surface area contributed by atoms with Crippen molar-refractivity contribution in [1.82, 2.24) is 20.4 Å². The molecule has 1 fully saturated rings. The van der Waals surface area contributed by atoms with Gasteiger partial charge in [-0.15, -0.1) is 10.2 Å². The van der Waals surface area contributed by atoms with Gasteiger partial charge in [-0.2, -0.15) is 0 Å². The Kier molecular flexibility index (Phi) is 5.53. The van der Waals surface area contributed by atoms with E-state index in [9.17, 15) is 0 Å². The number of hydrogen-bond acceptors (Lipinski definition) is 6. The van der Waals surface area contributed by atoms with E-state index in [1.807, 2.05) is 30.3 Å². The largest absolute Gasteiger partial charge is 0.419 e. The normalized spacial score (nSPS) is 16.0. The van der Waals surface area contributed by atoms with Crippen LogP contribution in [-0.2, 0) is 11.3 Å². The Labute approximate surface area is 130 Å². The Hall–Kier alpha value is -1.76. The minimum atomic E-state index is 0.575. The second-order valence-corrected chi connectivity index (χ2v) is 5.35. The molecule has 118 valence electrons. The van der Waals surface area contributed by atoms with Crippen molar-refractivity contribution in [3.8, 4) is 11.5 Å². The molecule has 0 amide bonds. The molecule has 0 bridgehead atoms. The number of rotatable bonds is 7. The highest BCUT2D eigenvalue weighted by Crippen LogP contribution is 2.16. The highest BCUT2D eigenvalue weighted by molar-refractivity contribution is 5.51. The Bertz CT molecular complexity index is 552. The summed E-state index contributed by atoms with van der Waals surface area (Å²) in [7, 11) is 0. The van der Waals surface area contributed by atoms with E-state index in [0.717, 1.165) is 51.4 Å². The van der Waals surface area contributed by atoms with Gasteiger partial charge < -0.3 is 14.5 Å². The van der Waals surface area contributed by atoms with Crippen LogP contribution in [0.2, 0.25) is 0 Å². The average molecular weight is 302 g/mol. The fourth-order valence-electron chi connectivity index (χ4n) is 2.47. The summed E-state index contributed by atoms with van der Waals surface area (Å²) >= 11 is 0. The van der Waals surface area contributed by atoms with Crippen LogP contribution in [0.25, 0.3) is 11.5 Å². The Morgan fingerprint density at radius 3 is 2.73 bits per heavy atom. The van der Waals surface area contributed by atoms with Crippen LogP contribution in [0.4, 0.5) is 0 Å². The minimum absolute atomic E-state index is 0.575. The van der Waals surface area contributed by atoms with E-state index in [1.165, 1.54) is 0 Å². The standard InChI is InChI=1S/C16H22N4O2/c1-2-5-14(6-3-1)16-19-18-15(22-16)13-17-7-4-8-20-9-11-21-12-10-20/h1-3,5-6,17H,4,7-13H2. The van der Waals surface area contributed by atoms with Crippen molar-refractivity contribution in [3.05, 3.63) is 36.2 Å². The Balaban J connectivity index is 1.36. The number of benzene rings is 1. The van der Waals surface area contributed by atoms with Gasteiger partial charge in [0.1, 0.15) is 0 Å². The summed E-state index contributed by atoms with van der Waals surface area (Å²) in [5.41, 5.74) is 0.952. The lowest BCUT2D eigenvalue weighted by molar-refractivity contribution is 0.0374. The summed E-state index contributed by atoms with van der Waals surface area (Å²) in [6.45, 7) is 6.47. The van der Waals surface area contributed by atoms with Crippen LogP contribution in [0.5, 0.6) is 0 Å². The van der Waals surface area contributed by atoms with E-state index in [4.69, 9.17) is 9.15 Å². The van der Waals surface area contributed by atoms with Crippen molar-refractivity contribution in [3.63, 3.8) is 0 Å². The van der Waals surface area contributed by atoms with Gasteiger partial charge in [0.2, 0.25) is 11.8 Å². The van der Waals surface area contributed by atoms with Crippen LogP contribution >= 0.6 is 0 Å². The summed E-state index contributed by atoms with van der Waals surface area (Å²) in [6.07, 6.45) is 1.11. The van der Waals surface area contributed by atoms with Crippen LogP contribution in [0.1, 0.15) is 12.3 Å². The molecule has 2 aromatic rings. The van der Waals surface area contributed by atoms with Crippen molar-refractivity contribution < 1.29 is 9.15 Å². The zero-order valence-corrected chi connectivity index (χ0v) is 12.7. The van der Waals surface area contributed by atoms with Crippen LogP contribution in [-0.4, -0.2) is 54.5 Å². The SMILES string of the molecule is c1ccc(-c2nnc(CNCCCN3CCOCC3)o2)cc1. The molecule has 0 spiro atoms. The first-order valence-corrected chi connectivity index (χ1v) is 7.80. The van der Waals surface area contributed by atoms with Gasteiger partial charge >= 0.3 is 0 Å². The van der Waals surface area contributed by atoms with Crippen LogP contribution in [0.3, 0.4) is 0 Å². The highest BCUT2D eigenvalue weighted by Gasteiger charge is 2.10. The van der Waals surface area contributed by atoms with E-state index in [1.54, 1.807) is 0 Å². The number of morpholine rings is 1. The fraction of sp³-hybridized carbons (Fsp3) is 0.500. The third kappa shape index (κ3) is 4.37. The van der Waals surface area contributed by atoms with Crippen molar-refractivity contribution in [1.29, 1.82) is 0 Å². The number of hydrogen-bond donors (Lipinski definition) is 1. The lowest BCUT2D eigenvalue weighted by atomic mass is 10.2. The van der Waals surface area contributed by atoms with Crippen molar-refractivity contribution >= 4 is 0 Å². The molecule has 2 heterocycles. The van der Waals surface area contributed by atoms with Gasteiger partial charge in [0.25, 0.3) is 0 Å². The first-order chi connectivity index (χ1) is 10.9. The molecule has 3 rings (SSSR count). The molecule has 1 aromatic carbocycles. The van der Waals surface area contributed by atoms with E-state index < -0.39 is 0 Å². The van der Waals surface area contributed by atoms with Gasteiger partial charge in [0, 0.05) is 18.7 Å². The molecular weight excluding hydrogens is 280 g/mol. The molecule has 1 N–H and O–H groups in total. The van der Waals surface area contributed by atoms with Gasteiger partial charge in [-0.05, 0) is 31.6 Å². The Morgan fingerprint density at radius 2 is 1.91 bits per heavy atom. The zero-order chi connectivity index (χ0) is 15.0. The monoisotopic (exact) mass is 302 g/mol. The maximum Gasteiger partial charge on any atom is 0.247 e. The van der Waals surface area contributed by atoms with E-state index in [0.29, 0.717) is 18.3 Å². The molecule has 1 saturated heterocycles. The average Bonchev–Trinajstić information content (AvgIpc) is 3.05. The first-order valence-electron chi connectivity index (χ1n) is 7.80. The maximum atomic E-state index is 5.65. The molecule has 22 heavy (non-hydrogen) atoms. The minimum Gasteiger partial charge on any atom is -0.419 e. The third-order valence-corrected chi connectivity index (χ3v) is 3.70. The summed E-state index contributed by atoms with van der Waals surface area (Å²) < 4.78 is 11.0. The van der Waals surface area contributed by atoms with E-state index in [-0.39, 0.29) is 0 Å². The van der Waals surface area contributed by atoms with Crippen molar-refractivity contribution in [2.75, 3.05) is 39.4 Å². The second kappa shape index (κ2) is 8.03. The van der Waals surface area contributed by atoms with Gasteiger partial charge in [-0.3, -0.25) is 4.90 Å². The lowest BCUT2D eigenvalue weighted by Gasteiger charge is -2.26. The van der Waals surface area contributed by atoms with Gasteiger partial charge in [-0.25, -0.2) is 0 Å². The smallest absolute Gasteiger partial charge is 0.247 e. The van der Waals surface area contributed by atoms with E-state index >= 15 is 0 Å². The number of nitrogens with one attached hydrogen (secondary N) is 1. The molecule has 1 aromatic heterocycles. The van der Waals surface area contributed by atoms with Crippen LogP contribution in [0.15, 0.2) is 34.7 Å². The zero-order valence-electron chi connectivity index (χ0n) is 12.7. The van der Waals surface area contributed by atoms with Gasteiger partial charge in [-0.1, -0.05) is 18.2 Å². The first kappa shape index (κ1) is 15.1. The maximum absolute atomic E-state index is 5.65. The molecule has 0 aliphatic carbocycles. The highest BCUT2D eigenvalue weighted by atomic mass is 16.5. The summed E-state index contributed by atoms with van der Waals surface area (Å²) in [5, 5.41) is 11.5. The molecule has 6 heteroatoms. The number of ether oxygens (including phenoxy) is 1. The second-order valence-electron chi connectivity index (χ2n) is 5.35. The number of nitrogens with zero attached hydrogens (tertiary/aromatic N) is 3. The topological polar surface area (TPSA) is 63.4 Å². The van der Waals surface area contributed by atoms with Gasteiger partial charge in [0.15, 0.2) is 0 Å². The van der Waals surface area contributed by atoms with Crippen LogP contribution in [0, 0.1) is 0 Å². The van der Waals surface area contributed by atoms with Crippen molar-refractivity contribution in [2.45, 2.75) is 13.0 Å². The molecule has 1 aliphatic heterocycles. The molecule has 0 unspecified atom stereocenters. The molecule has 6 nitrogen and oxygen atoms in total. The fourth-order valence-corrected chi connectivity index (χ4v) is 2.47. The number of aromatic nitrogens is 2. The quantitative estimate of drug-likeness (QED) is 0.783.